The molecule has 1 aliphatic heterocycles. The van der Waals surface area contributed by atoms with E-state index >= 15 is 0 Å². The second-order valence-corrected chi connectivity index (χ2v) is 4.10. The molecule has 0 amide bonds. The highest BCUT2D eigenvalue weighted by Crippen LogP contribution is 2.26. The minimum atomic E-state index is -0.811. The number of ether oxygens (including phenoxy) is 1. The lowest BCUT2D eigenvalue weighted by Crippen LogP contribution is -2.31. The summed E-state index contributed by atoms with van der Waals surface area (Å²) in [5, 5.41) is 26.1. The largest absolute Gasteiger partial charge is 0.394 e. The molecular weight excluding hydrogens is 268 g/mol. The molecule has 112 valence electrons. The Morgan fingerprint density at radius 1 is 1.50 bits per heavy atom. The van der Waals surface area contributed by atoms with Crippen molar-refractivity contribution in [1.82, 2.24) is 9.55 Å². The van der Waals surface area contributed by atoms with Crippen LogP contribution in [0.3, 0.4) is 0 Å². The Labute approximate surface area is 114 Å². The molecule has 0 aromatic carbocycles. The second-order valence-electron chi connectivity index (χ2n) is 4.10. The van der Waals surface area contributed by atoms with Gasteiger partial charge in [-0.2, -0.15) is 0 Å². The normalized spacial score (nSPS) is 24.9. The zero-order valence-electron chi connectivity index (χ0n) is 10.8. The van der Waals surface area contributed by atoms with Crippen LogP contribution in [-0.2, 0) is 4.74 Å². The van der Waals surface area contributed by atoms with E-state index in [2.05, 4.69) is 11.6 Å². The van der Waals surface area contributed by atoms with Gasteiger partial charge in [-0.1, -0.05) is 6.08 Å². The molecule has 1 aliphatic rings. The van der Waals surface area contributed by atoms with Gasteiger partial charge >= 0.3 is 5.69 Å². The van der Waals surface area contributed by atoms with Crippen molar-refractivity contribution in [1.29, 1.82) is 0 Å². The van der Waals surface area contributed by atoms with Crippen LogP contribution in [0.25, 0.3) is 0 Å². The number of aromatic nitrogens is 2. The van der Waals surface area contributed by atoms with Crippen molar-refractivity contribution in [2.45, 2.75) is 24.9 Å². The third-order valence-electron chi connectivity index (χ3n) is 2.67. The first kappa shape index (κ1) is 16.3. The number of aromatic amines is 1. The van der Waals surface area contributed by atoms with E-state index in [1.165, 1.54) is 22.9 Å². The van der Waals surface area contributed by atoms with Crippen molar-refractivity contribution < 1.29 is 20.1 Å². The molecule has 0 saturated carbocycles. The van der Waals surface area contributed by atoms with Crippen LogP contribution in [0.4, 0.5) is 0 Å². The molecule has 1 saturated heterocycles. The third-order valence-corrected chi connectivity index (χ3v) is 2.67. The van der Waals surface area contributed by atoms with E-state index in [1.54, 1.807) is 0 Å². The first-order chi connectivity index (χ1) is 9.53. The predicted octanol–water partition coefficient (Wildman–Crippen LogP) is -1.66. The zero-order valence-corrected chi connectivity index (χ0v) is 10.8. The quantitative estimate of drug-likeness (QED) is 0.493. The van der Waals surface area contributed by atoms with E-state index in [-0.39, 0.29) is 19.6 Å². The number of nitrogens with zero attached hydrogens (tertiary/aromatic N) is 1. The van der Waals surface area contributed by atoms with Gasteiger partial charge < -0.3 is 20.1 Å². The maximum Gasteiger partial charge on any atom is 0.330 e. The van der Waals surface area contributed by atoms with Crippen molar-refractivity contribution in [3.63, 3.8) is 0 Å². The molecule has 0 aliphatic carbocycles. The fraction of sp³-hybridized carbons (Fsp3) is 0.500. The maximum absolute atomic E-state index is 11.4. The molecule has 8 heteroatoms. The van der Waals surface area contributed by atoms with Crippen molar-refractivity contribution in [2.75, 3.05) is 13.2 Å². The molecule has 4 N–H and O–H groups in total. The van der Waals surface area contributed by atoms with Crippen LogP contribution in [0.15, 0.2) is 34.5 Å². The van der Waals surface area contributed by atoms with Gasteiger partial charge in [-0.3, -0.25) is 14.3 Å². The summed E-state index contributed by atoms with van der Waals surface area (Å²) in [6.07, 6.45) is 0.782. The highest BCUT2D eigenvalue weighted by molar-refractivity contribution is 4.88. The Balaban J connectivity index is 0.000000444. The molecule has 0 unspecified atom stereocenters. The molecule has 2 rings (SSSR count). The van der Waals surface area contributed by atoms with Crippen LogP contribution in [0, 0.1) is 0 Å². The van der Waals surface area contributed by atoms with Gasteiger partial charge in [0, 0.05) is 18.7 Å². The molecular formula is C12H18N2O6. The summed E-state index contributed by atoms with van der Waals surface area (Å²) in [7, 11) is 0. The SMILES string of the molecule is C=CCO.O=c1ccn([C@H]2C[C@H](O)[C@@H](CO)O2)c(=O)[nH]1. The summed E-state index contributed by atoms with van der Waals surface area (Å²) in [5.74, 6) is 0. The minimum Gasteiger partial charge on any atom is -0.394 e. The average molecular weight is 286 g/mol. The van der Waals surface area contributed by atoms with E-state index in [0.29, 0.717) is 0 Å². The smallest absolute Gasteiger partial charge is 0.330 e. The summed E-state index contributed by atoms with van der Waals surface area (Å²) >= 11 is 0. The van der Waals surface area contributed by atoms with Gasteiger partial charge in [0.2, 0.25) is 0 Å². The number of hydrogen-bond donors (Lipinski definition) is 4. The number of aliphatic hydroxyl groups excluding tert-OH is 3. The van der Waals surface area contributed by atoms with Gasteiger partial charge in [-0.05, 0) is 0 Å². The van der Waals surface area contributed by atoms with Gasteiger partial charge in [-0.15, -0.1) is 6.58 Å². The van der Waals surface area contributed by atoms with Crippen LogP contribution in [0.2, 0.25) is 0 Å². The predicted molar refractivity (Wildman–Crippen MR) is 70.2 cm³/mol. The van der Waals surface area contributed by atoms with E-state index in [9.17, 15) is 14.7 Å². The van der Waals surface area contributed by atoms with Crippen LogP contribution in [0.1, 0.15) is 12.6 Å². The molecule has 0 bridgehead atoms. The fourth-order valence-corrected chi connectivity index (χ4v) is 1.70. The van der Waals surface area contributed by atoms with Crippen LogP contribution in [-0.4, -0.2) is 50.3 Å². The van der Waals surface area contributed by atoms with E-state index in [0.717, 1.165) is 0 Å². The van der Waals surface area contributed by atoms with Gasteiger partial charge in [0.05, 0.1) is 19.3 Å². The van der Waals surface area contributed by atoms with E-state index < -0.39 is 29.7 Å². The Bertz CT molecular complexity index is 537. The minimum absolute atomic E-state index is 0.0833. The molecule has 8 nitrogen and oxygen atoms in total. The topological polar surface area (TPSA) is 125 Å². The van der Waals surface area contributed by atoms with Gasteiger partial charge in [0.25, 0.3) is 5.56 Å². The summed E-state index contributed by atoms with van der Waals surface area (Å²) in [5.41, 5.74) is -1.08. The molecule has 2 heterocycles. The maximum atomic E-state index is 11.4. The van der Waals surface area contributed by atoms with Crippen molar-refractivity contribution in [2.24, 2.45) is 0 Å². The lowest BCUT2D eigenvalue weighted by atomic mass is 10.2. The lowest BCUT2D eigenvalue weighted by Gasteiger charge is -2.13. The van der Waals surface area contributed by atoms with E-state index in [1.807, 2.05) is 0 Å². The summed E-state index contributed by atoms with van der Waals surface area (Å²) in [4.78, 5) is 24.3. The van der Waals surface area contributed by atoms with Crippen molar-refractivity contribution in [3.05, 3.63) is 45.8 Å². The highest BCUT2D eigenvalue weighted by atomic mass is 16.5. The third kappa shape index (κ3) is 4.14. The summed E-state index contributed by atoms with van der Waals surface area (Å²) in [6, 6.07) is 1.20. The Hall–Kier alpha value is -1.74. The number of aliphatic hydroxyl groups is 3. The lowest BCUT2D eigenvalue weighted by molar-refractivity contribution is -0.0459. The Morgan fingerprint density at radius 3 is 2.60 bits per heavy atom. The Kier molecular flexibility index (Phi) is 6.32. The van der Waals surface area contributed by atoms with Crippen molar-refractivity contribution >= 4 is 0 Å². The second kappa shape index (κ2) is 7.75. The number of H-pyrrole nitrogens is 1. The van der Waals surface area contributed by atoms with Gasteiger partial charge in [0.1, 0.15) is 12.3 Å². The number of hydrogen-bond acceptors (Lipinski definition) is 6. The summed E-state index contributed by atoms with van der Waals surface area (Å²) < 4.78 is 6.45. The van der Waals surface area contributed by atoms with Crippen LogP contribution >= 0.6 is 0 Å². The molecule has 1 aromatic heterocycles. The molecule has 20 heavy (non-hydrogen) atoms. The molecule has 1 fully saturated rings. The number of rotatable bonds is 3. The van der Waals surface area contributed by atoms with Crippen LogP contribution in [0.5, 0.6) is 0 Å². The Morgan fingerprint density at radius 2 is 2.15 bits per heavy atom. The zero-order chi connectivity index (χ0) is 15.1. The molecule has 0 spiro atoms. The fourth-order valence-electron chi connectivity index (χ4n) is 1.70. The van der Waals surface area contributed by atoms with Crippen molar-refractivity contribution in [3.8, 4) is 0 Å². The first-order valence-electron chi connectivity index (χ1n) is 6.01. The number of nitrogens with one attached hydrogen (secondary N) is 1. The standard InChI is InChI=1S/C9H12N2O5.C3H6O/c12-4-6-5(13)3-8(16-6)11-2-1-7(14)10-9(11)15;1-2-3-4/h1-2,5-6,8,12-13H,3-4H2,(H,10,14,15);2,4H,1,3H2/t5-,6+,8+;/m0./s1. The molecule has 1 aromatic rings. The first-order valence-corrected chi connectivity index (χ1v) is 6.01. The highest BCUT2D eigenvalue weighted by Gasteiger charge is 2.34. The van der Waals surface area contributed by atoms with Gasteiger partial charge in [0.15, 0.2) is 0 Å². The average Bonchev–Trinajstić information content (AvgIpc) is 2.80. The van der Waals surface area contributed by atoms with Crippen LogP contribution < -0.4 is 11.2 Å². The summed E-state index contributed by atoms with van der Waals surface area (Å²) in [6.45, 7) is 3.00. The monoisotopic (exact) mass is 286 g/mol. The molecule has 3 atom stereocenters. The van der Waals surface area contributed by atoms with E-state index in [4.69, 9.17) is 14.9 Å². The van der Waals surface area contributed by atoms with Gasteiger partial charge in [-0.25, -0.2) is 4.79 Å². The molecule has 0 radical (unpaired) electrons.